The van der Waals surface area contributed by atoms with Gasteiger partial charge in [-0.1, -0.05) is 63.3 Å². The summed E-state index contributed by atoms with van der Waals surface area (Å²) >= 11 is 0. The molecule has 0 saturated heterocycles. The zero-order valence-corrected chi connectivity index (χ0v) is 20.2. The monoisotopic (exact) mass is 439 g/mol. The summed E-state index contributed by atoms with van der Waals surface area (Å²) in [5.74, 6) is -1.53. The van der Waals surface area contributed by atoms with Crippen molar-refractivity contribution in [3.05, 3.63) is 24.3 Å². The van der Waals surface area contributed by atoms with E-state index in [0.29, 0.717) is 17.4 Å². The van der Waals surface area contributed by atoms with Gasteiger partial charge in [0.15, 0.2) is 6.10 Å². The van der Waals surface area contributed by atoms with Gasteiger partial charge >= 0.3 is 5.97 Å². The number of carboxylic acid groups (broad SMARTS) is 1. The molecule has 0 rings (SSSR count). The van der Waals surface area contributed by atoms with Crippen LogP contribution in [0.1, 0.15) is 84.0 Å². The van der Waals surface area contributed by atoms with Crippen molar-refractivity contribution < 1.29 is 29.0 Å². The molecule has 0 heterocycles. The number of quaternary nitrogens is 1. The molecular weight excluding hydrogens is 394 g/mol. The Labute approximate surface area is 189 Å². The first-order chi connectivity index (χ1) is 14.6. The Morgan fingerprint density at radius 3 is 2.19 bits per heavy atom. The van der Waals surface area contributed by atoms with Gasteiger partial charge in [0.2, 0.25) is 0 Å². The molecule has 0 amide bonds. The molecule has 0 aromatic heterocycles. The van der Waals surface area contributed by atoms with Crippen LogP contribution in [-0.2, 0) is 14.3 Å². The second-order valence-electron chi connectivity index (χ2n) is 9.30. The fourth-order valence-electron chi connectivity index (χ4n) is 3.35. The fraction of sp³-hybridized carbons (Fsp3) is 0.760. The van der Waals surface area contributed by atoms with Crippen molar-refractivity contribution >= 4 is 11.9 Å². The van der Waals surface area contributed by atoms with Crippen LogP contribution in [0.5, 0.6) is 0 Å². The number of likely N-dealkylation sites (N-methyl/N-ethyl adjacent to an activating group) is 1. The minimum atomic E-state index is -1.20. The summed E-state index contributed by atoms with van der Waals surface area (Å²) in [4.78, 5) is 22.9. The normalized spacial score (nSPS) is 14.2. The molecule has 6 heteroatoms. The van der Waals surface area contributed by atoms with Gasteiger partial charge in [0.1, 0.15) is 6.54 Å². The molecule has 0 fully saturated rings. The first-order valence-electron chi connectivity index (χ1n) is 11.8. The van der Waals surface area contributed by atoms with Crippen molar-refractivity contribution in [3.8, 4) is 0 Å². The molecule has 0 spiro atoms. The quantitative estimate of drug-likeness (QED) is 0.144. The van der Waals surface area contributed by atoms with Crippen LogP contribution in [0.3, 0.4) is 0 Å². The summed E-state index contributed by atoms with van der Waals surface area (Å²) < 4.78 is 5.88. The molecule has 6 nitrogen and oxygen atoms in total. The van der Waals surface area contributed by atoms with Crippen LogP contribution in [0.15, 0.2) is 24.3 Å². The zero-order chi connectivity index (χ0) is 23.5. The molecule has 1 N–H and O–H groups in total. The van der Waals surface area contributed by atoms with Crippen LogP contribution < -0.4 is 5.11 Å². The van der Waals surface area contributed by atoms with Crippen LogP contribution in [0, 0.1) is 0 Å². The largest absolute Gasteiger partial charge is 0.550 e. The number of ether oxygens (including phenoxy) is 1. The lowest BCUT2D eigenvalue weighted by Crippen LogP contribution is -2.45. The van der Waals surface area contributed by atoms with Crippen molar-refractivity contribution in [2.75, 3.05) is 27.7 Å². The highest BCUT2D eigenvalue weighted by atomic mass is 16.5. The summed E-state index contributed by atoms with van der Waals surface area (Å²) in [6.45, 7) is 2.56. The van der Waals surface area contributed by atoms with Crippen LogP contribution >= 0.6 is 0 Å². The predicted octanol–water partition coefficient (Wildman–Crippen LogP) is 3.53. The third kappa shape index (κ3) is 21.4. The minimum absolute atomic E-state index is 0.262. The molecule has 0 radical (unpaired) electrons. The van der Waals surface area contributed by atoms with Gasteiger partial charge in [0.05, 0.1) is 27.2 Å². The van der Waals surface area contributed by atoms with Gasteiger partial charge in [-0.05, 0) is 32.1 Å². The van der Waals surface area contributed by atoms with Crippen molar-refractivity contribution in [1.82, 2.24) is 0 Å². The summed E-state index contributed by atoms with van der Waals surface area (Å²) in [6, 6.07) is 0. The second-order valence-corrected chi connectivity index (χ2v) is 9.30. The number of esters is 1. The maximum absolute atomic E-state index is 12.0. The Hall–Kier alpha value is -1.66. The molecular formula is C25H45NO5. The first kappa shape index (κ1) is 29.3. The zero-order valence-electron chi connectivity index (χ0n) is 20.2. The molecule has 0 aromatic carbocycles. The summed E-state index contributed by atoms with van der Waals surface area (Å²) in [6.07, 6.45) is 17.1. The van der Waals surface area contributed by atoms with Crippen molar-refractivity contribution in [2.24, 2.45) is 0 Å². The number of rotatable bonds is 19. The minimum Gasteiger partial charge on any atom is -0.550 e. The maximum atomic E-state index is 12.0. The number of unbranched alkanes of at least 4 members (excludes halogenated alkanes) is 5. The number of hydrogen-bond acceptors (Lipinski definition) is 5. The van der Waals surface area contributed by atoms with E-state index >= 15 is 0 Å². The van der Waals surface area contributed by atoms with Gasteiger partial charge in [0, 0.05) is 18.8 Å². The van der Waals surface area contributed by atoms with E-state index in [1.54, 1.807) is 0 Å². The van der Waals surface area contributed by atoms with Crippen LogP contribution in [-0.4, -0.2) is 61.4 Å². The third-order valence-corrected chi connectivity index (χ3v) is 4.86. The van der Waals surface area contributed by atoms with E-state index in [-0.39, 0.29) is 18.5 Å². The Bertz CT molecular complexity index is 537. The van der Waals surface area contributed by atoms with Gasteiger partial charge in [-0.15, -0.1) is 0 Å². The van der Waals surface area contributed by atoms with E-state index in [9.17, 15) is 19.8 Å². The highest BCUT2D eigenvalue weighted by molar-refractivity contribution is 5.70. The van der Waals surface area contributed by atoms with E-state index in [4.69, 9.17) is 4.74 Å². The number of carbonyl (C=O) groups is 2. The molecule has 0 bridgehead atoms. The van der Waals surface area contributed by atoms with Crippen LogP contribution in [0.4, 0.5) is 0 Å². The molecule has 0 saturated carbocycles. The SMILES string of the molecule is CC/C=C/C/C=C/CC(O)CCCCCCCCC(=O)OC(CC(=O)[O-])C[N+](C)(C)C. The lowest BCUT2D eigenvalue weighted by molar-refractivity contribution is -0.873. The predicted molar refractivity (Wildman–Crippen MR) is 123 cm³/mol. The molecule has 0 aliphatic heterocycles. The van der Waals surface area contributed by atoms with Gasteiger partial charge in [-0.25, -0.2) is 0 Å². The third-order valence-electron chi connectivity index (χ3n) is 4.86. The number of carboxylic acids is 1. The summed E-state index contributed by atoms with van der Waals surface area (Å²) in [7, 11) is 5.79. The highest BCUT2D eigenvalue weighted by Gasteiger charge is 2.22. The number of hydrogen-bond donors (Lipinski definition) is 1. The number of aliphatic carboxylic acids is 1. The van der Waals surface area contributed by atoms with Crippen molar-refractivity contribution in [2.45, 2.75) is 96.2 Å². The Morgan fingerprint density at radius 1 is 0.968 bits per heavy atom. The molecule has 0 aromatic rings. The average molecular weight is 440 g/mol. The smallest absolute Gasteiger partial charge is 0.306 e. The van der Waals surface area contributed by atoms with Gasteiger partial charge in [-0.2, -0.15) is 0 Å². The van der Waals surface area contributed by atoms with E-state index < -0.39 is 12.1 Å². The molecule has 0 aliphatic rings. The number of allylic oxidation sites excluding steroid dienone is 3. The van der Waals surface area contributed by atoms with Crippen LogP contribution in [0.2, 0.25) is 0 Å². The molecule has 31 heavy (non-hydrogen) atoms. The lowest BCUT2D eigenvalue weighted by atomic mass is 10.0. The second kappa shape index (κ2) is 18.0. The van der Waals surface area contributed by atoms with Crippen molar-refractivity contribution in [1.29, 1.82) is 0 Å². The number of nitrogens with zero attached hydrogens (tertiary/aromatic N) is 1. The Balaban J connectivity index is 3.77. The molecule has 2 unspecified atom stereocenters. The van der Waals surface area contributed by atoms with Gasteiger partial charge in [-0.3, -0.25) is 4.79 Å². The average Bonchev–Trinajstić information content (AvgIpc) is 2.64. The van der Waals surface area contributed by atoms with E-state index in [0.717, 1.165) is 64.2 Å². The van der Waals surface area contributed by atoms with Gasteiger partial charge in [0.25, 0.3) is 0 Å². The summed E-state index contributed by atoms with van der Waals surface area (Å²) in [5.41, 5.74) is 0. The highest BCUT2D eigenvalue weighted by Crippen LogP contribution is 2.13. The Morgan fingerprint density at radius 2 is 1.58 bits per heavy atom. The van der Waals surface area contributed by atoms with E-state index in [2.05, 4.69) is 31.2 Å². The number of aliphatic hydroxyl groups excluding tert-OH is 1. The van der Waals surface area contributed by atoms with Gasteiger partial charge < -0.3 is 24.2 Å². The lowest BCUT2D eigenvalue weighted by Gasteiger charge is -2.29. The number of aliphatic hydroxyl groups is 1. The standard InChI is InChI=1S/C25H45NO5/c1-5-6-7-8-11-14-17-22(27)18-15-12-9-10-13-16-19-25(30)31-23(20-24(28)29)21-26(2,3)4/h6-7,11,14,22-23,27H,5,8-10,12-13,15-21H2,1-4H3/b7-6+,14-11+. The van der Waals surface area contributed by atoms with E-state index in [1.165, 1.54) is 0 Å². The molecule has 2 atom stereocenters. The first-order valence-corrected chi connectivity index (χ1v) is 11.8. The topological polar surface area (TPSA) is 86.7 Å². The number of carbonyl (C=O) groups excluding carboxylic acids is 2. The van der Waals surface area contributed by atoms with E-state index in [1.807, 2.05) is 21.1 Å². The maximum Gasteiger partial charge on any atom is 0.306 e. The molecule has 180 valence electrons. The molecule has 0 aliphatic carbocycles. The van der Waals surface area contributed by atoms with Crippen LogP contribution in [0.25, 0.3) is 0 Å². The Kier molecular flexibility index (Phi) is 17.0. The fourth-order valence-corrected chi connectivity index (χ4v) is 3.35. The summed E-state index contributed by atoms with van der Waals surface area (Å²) in [5, 5.41) is 20.9. The van der Waals surface area contributed by atoms with Crippen molar-refractivity contribution in [3.63, 3.8) is 0 Å².